The number of methoxy groups -OCH3 is 3. The van der Waals surface area contributed by atoms with Crippen LogP contribution in [-0.4, -0.2) is 33.3 Å². The number of allylic oxidation sites excluding steroid dienone is 2. The van der Waals surface area contributed by atoms with Crippen molar-refractivity contribution in [1.82, 2.24) is 0 Å². The highest BCUT2D eigenvalue weighted by Gasteiger charge is 2.09. The maximum absolute atomic E-state index is 11.0. The molecule has 0 saturated carbocycles. The van der Waals surface area contributed by atoms with E-state index in [4.69, 9.17) is 16.3 Å². The van der Waals surface area contributed by atoms with Crippen LogP contribution >= 0.6 is 11.6 Å². The summed E-state index contributed by atoms with van der Waals surface area (Å²) in [5.41, 5.74) is 0. The minimum atomic E-state index is -0.701. The topological polar surface area (TPSA) is 61.8 Å². The van der Waals surface area contributed by atoms with E-state index in [2.05, 4.69) is 9.47 Å². The molecule has 0 unspecified atom stereocenters. The van der Waals surface area contributed by atoms with Crippen molar-refractivity contribution in [3.05, 3.63) is 22.9 Å². The molecular weight excluding hydrogens is 224 g/mol. The van der Waals surface area contributed by atoms with Crippen molar-refractivity contribution in [2.24, 2.45) is 0 Å². The third-order valence-corrected chi connectivity index (χ3v) is 1.65. The molecule has 0 rings (SSSR count). The lowest BCUT2D eigenvalue weighted by Gasteiger charge is -2.01. The van der Waals surface area contributed by atoms with Crippen molar-refractivity contribution in [2.75, 3.05) is 21.3 Å². The number of ether oxygens (including phenoxy) is 3. The number of hydrogen-bond acceptors (Lipinski definition) is 5. The van der Waals surface area contributed by atoms with Crippen molar-refractivity contribution in [3.63, 3.8) is 0 Å². The summed E-state index contributed by atoms with van der Waals surface area (Å²) in [5.74, 6) is -1.43. The van der Waals surface area contributed by atoms with Crippen LogP contribution in [0.15, 0.2) is 22.9 Å². The molecule has 84 valence electrons. The molecule has 0 aromatic carbocycles. The summed E-state index contributed by atoms with van der Waals surface area (Å²) in [6.07, 6.45) is 2.40. The van der Waals surface area contributed by atoms with Gasteiger partial charge in [-0.3, -0.25) is 0 Å². The van der Waals surface area contributed by atoms with E-state index in [0.29, 0.717) is 0 Å². The Kier molecular flexibility index (Phi) is 6.21. The van der Waals surface area contributed by atoms with Gasteiger partial charge >= 0.3 is 11.9 Å². The van der Waals surface area contributed by atoms with Gasteiger partial charge in [0.15, 0.2) is 0 Å². The SMILES string of the molecule is COC(=O)C(Cl)=CC=C(OC)C(=O)OC. The number of halogens is 1. The van der Waals surface area contributed by atoms with Crippen molar-refractivity contribution < 1.29 is 23.8 Å². The standard InChI is InChI=1S/C9H11ClO5/c1-13-7(9(12)15-3)5-4-6(10)8(11)14-2/h4-5H,1-3H3. The maximum Gasteiger partial charge on any atom is 0.373 e. The van der Waals surface area contributed by atoms with E-state index in [-0.39, 0.29) is 10.8 Å². The summed E-state index contributed by atoms with van der Waals surface area (Å²) in [6.45, 7) is 0. The van der Waals surface area contributed by atoms with Crippen LogP contribution in [0.3, 0.4) is 0 Å². The maximum atomic E-state index is 11.0. The van der Waals surface area contributed by atoms with Crippen LogP contribution in [0.4, 0.5) is 0 Å². The van der Waals surface area contributed by atoms with Gasteiger partial charge in [-0.25, -0.2) is 9.59 Å². The molecule has 0 spiro atoms. The molecule has 0 aliphatic carbocycles. The average Bonchev–Trinajstić information content (AvgIpc) is 2.27. The van der Waals surface area contributed by atoms with Gasteiger partial charge < -0.3 is 14.2 Å². The predicted octanol–water partition coefficient (Wildman–Crippen LogP) is 0.985. The van der Waals surface area contributed by atoms with E-state index < -0.39 is 11.9 Å². The van der Waals surface area contributed by atoms with Crippen molar-refractivity contribution in [2.45, 2.75) is 0 Å². The second-order valence-electron chi connectivity index (χ2n) is 2.23. The number of hydrogen-bond donors (Lipinski definition) is 0. The zero-order chi connectivity index (χ0) is 11.8. The lowest BCUT2D eigenvalue weighted by molar-refractivity contribution is -0.139. The molecule has 0 radical (unpaired) electrons. The molecule has 0 heterocycles. The fourth-order valence-corrected chi connectivity index (χ4v) is 0.775. The quantitative estimate of drug-likeness (QED) is 0.314. The summed E-state index contributed by atoms with van der Waals surface area (Å²) < 4.78 is 13.4. The van der Waals surface area contributed by atoms with Crippen LogP contribution in [0.2, 0.25) is 0 Å². The zero-order valence-electron chi connectivity index (χ0n) is 8.57. The minimum absolute atomic E-state index is 0.0699. The first-order valence-corrected chi connectivity index (χ1v) is 4.22. The van der Waals surface area contributed by atoms with Crippen LogP contribution in [0.1, 0.15) is 0 Å². The van der Waals surface area contributed by atoms with Gasteiger partial charge in [-0.1, -0.05) is 11.6 Å². The van der Waals surface area contributed by atoms with Gasteiger partial charge in [-0.15, -0.1) is 0 Å². The van der Waals surface area contributed by atoms with E-state index in [1.165, 1.54) is 33.5 Å². The summed E-state index contributed by atoms with van der Waals surface area (Å²) in [6, 6.07) is 0. The van der Waals surface area contributed by atoms with E-state index in [9.17, 15) is 9.59 Å². The van der Waals surface area contributed by atoms with E-state index in [1.54, 1.807) is 0 Å². The monoisotopic (exact) mass is 234 g/mol. The molecule has 0 N–H and O–H groups in total. The van der Waals surface area contributed by atoms with E-state index in [0.717, 1.165) is 0 Å². The second kappa shape index (κ2) is 6.89. The van der Waals surface area contributed by atoms with Crippen LogP contribution < -0.4 is 0 Å². The first kappa shape index (κ1) is 13.5. The van der Waals surface area contributed by atoms with Crippen LogP contribution in [0, 0.1) is 0 Å². The number of rotatable bonds is 4. The highest BCUT2D eigenvalue weighted by Crippen LogP contribution is 2.06. The molecule has 0 aromatic rings. The number of esters is 2. The van der Waals surface area contributed by atoms with Gasteiger partial charge in [-0.2, -0.15) is 0 Å². The highest BCUT2D eigenvalue weighted by atomic mass is 35.5. The Labute approximate surface area is 92.2 Å². The number of carbonyl (C=O) groups excluding carboxylic acids is 2. The molecule has 0 aliphatic heterocycles. The summed E-state index contributed by atoms with van der Waals surface area (Å²) >= 11 is 5.51. The Bertz CT molecular complexity index is 306. The third-order valence-electron chi connectivity index (χ3n) is 1.37. The smallest absolute Gasteiger partial charge is 0.373 e. The molecular formula is C9H11ClO5. The molecule has 0 saturated heterocycles. The third kappa shape index (κ3) is 4.51. The fourth-order valence-electron chi connectivity index (χ4n) is 0.634. The van der Waals surface area contributed by atoms with Crippen molar-refractivity contribution >= 4 is 23.5 Å². The van der Waals surface area contributed by atoms with Gasteiger partial charge in [-0.05, 0) is 12.2 Å². The van der Waals surface area contributed by atoms with Crippen LogP contribution in [-0.2, 0) is 23.8 Å². The predicted molar refractivity (Wildman–Crippen MR) is 53.1 cm³/mol. The first-order valence-electron chi connectivity index (χ1n) is 3.85. The van der Waals surface area contributed by atoms with Gasteiger partial charge in [0, 0.05) is 0 Å². The van der Waals surface area contributed by atoms with Gasteiger partial charge in [0.2, 0.25) is 5.76 Å². The largest absolute Gasteiger partial charge is 0.490 e. The molecule has 6 heteroatoms. The number of carbonyl (C=O) groups is 2. The normalized spacial score (nSPS) is 12.0. The Hall–Kier alpha value is -1.49. The lowest BCUT2D eigenvalue weighted by atomic mass is 10.4. The van der Waals surface area contributed by atoms with Crippen LogP contribution in [0.5, 0.6) is 0 Å². The molecule has 0 aromatic heterocycles. The highest BCUT2D eigenvalue weighted by molar-refractivity contribution is 6.41. The summed E-state index contributed by atoms with van der Waals surface area (Å²) in [5, 5.41) is -0.170. The first-order chi connectivity index (χ1) is 7.06. The zero-order valence-corrected chi connectivity index (χ0v) is 9.33. The average molecular weight is 235 g/mol. The van der Waals surface area contributed by atoms with Crippen molar-refractivity contribution in [1.29, 1.82) is 0 Å². The Morgan fingerprint density at radius 3 is 1.87 bits per heavy atom. The molecule has 0 aliphatic rings. The van der Waals surface area contributed by atoms with Gasteiger partial charge in [0.25, 0.3) is 0 Å². The van der Waals surface area contributed by atoms with E-state index >= 15 is 0 Å². The molecule has 0 amide bonds. The second-order valence-corrected chi connectivity index (χ2v) is 2.64. The lowest BCUT2D eigenvalue weighted by Crippen LogP contribution is -2.06. The molecule has 15 heavy (non-hydrogen) atoms. The Morgan fingerprint density at radius 2 is 1.47 bits per heavy atom. The molecule has 5 nitrogen and oxygen atoms in total. The molecule has 0 fully saturated rings. The van der Waals surface area contributed by atoms with Gasteiger partial charge in [0.05, 0.1) is 21.3 Å². The van der Waals surface area contributed by atoms with E-state index in [1.807, 2.05) is 0 Å². The van der Waals surface area contributed by atoms with Crippen LogP contribution in [0.25, 0.3) is 0 Å². The molecule has 0 atom stereocenters. The van der Waals surface area contributed by atoms with Gasteiger partial charge in [0.1, 0.15) is 5.03 Å². The Morgan fingerprint density at radius 1 is 0.933 bits per heavy atom. The summed E-state index contributed by atoms with van der Waals surface area (Å²) in [4.78, 5) is 21.8. The fraction of sp³-hybridized carbons (Fsp3) is 0.333. The Balaban J connectivity index is 4.72. The van der Waals surface area contributed by atoms with Crippen molar-refractivity contribution in [3.8, 4) is 0 Å². The summed E-state index contributed by atoms with van der Waals surface area (Å²) in [7, 11) is 3.70. The minimum Gasteiger partial charge on any atom is -0.490 e. The molecule has 0 bridgehead atoms.